The van der Waals surface area contributed by atoms with Gasteiger partial charge in [-0.2, -0.15) is 0 Å². The Hall–Kier alpha value is -1.16. The smallest absolute Gasteiger partial charge is 0.359 e. The van der Waals surface area contributed by atoms with Gasteiger partial charge in [0.25, 0.3) is 0 Å². The maximum Gasteiger partial charge on any atom is 0.359 e. The highest BCUT2D eigenvalue weighted by molar-refractivity contribution is 6.30. The zero-order chi connectivity index (χ0) is 11.6. The van der Waals surface area contributed by atoms with E-state index in [4.69, 9.17) is 16.3 Å². The Morgan fingerprint density at radius 1 is 1.47 bits per heavy atom. The summed E-state index contributed by atoms with van der Waals surface area (Å²) in [6.07, 6.45) is 1.31. The number of rotatable bonds is 1. The van der Waals surface area contributed by atoms with Gasteiger partial charge in [0, 0.05) is 0 Å². The van der Waals surface area contributed by atoms with Gasteiger partial charge in [-0.3, -0.25) is 0 Å². The standard InChI is InChI=1S/C10H13ClN2O2/c1-6-8(11)12-5-7(13-6)9(14)15-10(2,3)4/h5H,1-4H3. The fourth-order valence-electron chi connectivity index (χ4n) is 0.896. The summed E-state index contributed by atoms with van der Waals surface area (Å²) in [6.45, 7) is 7.06. The highest BCUT2D eigenvalue weighted by atomic mass is 35.5. The van der Waals surface area contributed by atoms with E-state index in [1.54, 1.807) is 27.7 Å². The number of halogens is 1. The minimum absolute atomic E-state index is 0.173. The zero-order valence-electron chi connectivity index (χ0n) is 9.17. The Balaban J connectivity index is 2.88. The van der Waals surface area contributed by atoms with Gasteiger partial charge < -0.3 is 4.74 Å². The number of carbonyl (C=O) groups is 1. The Morgan fingerprint density at radius 2 is 2.07 bits per heavy atom. The molecule has 0 aliphatic heterocycles. The van der Waals surface area contributed by atoms with Crippen molar-refractivity contribution in [2.24, 2.45) is 0 Å². The summed E-state index contributed by atoms with van der Waals surface area (Å²) in [5.74, 6) is -0.491. The quantitative estimate of drug-likeness (QED) is 0.693. The van der Waals surface area contributed by atoms with Crippen LogP contribution in [0.25, 0.3) is 0 Å². The SMILES string of the molecule is Cc1nc(C(=O)OC(C)(C)C)cnc1Cl. The third-order valence-corrected chi connectivity index (χ3v) is 1.87. The molecule has 0 spiro atoms. The van der Waals surface area contributed by atoms with Crippen molar-refractivity contribution >= 4 is 17.6 Å². The lowest BCUT2D eigenvalue weighted by atomic mass is 10.2. The predicted octanol–water partition coefficient (Wildman–Crippen LogP) is 2.39. The maximum absolute atomic E-state index is 11.6. The van der Waals surface area contributed by atoms with E-state index in [-0.39, 0.29) is 5.69 Å². The number of hydrogen-bond acceptors (Lipinski definition) is 4. The second-order valence-corrected chi connectivity index (χ2v) is 4.49. The third kappa shape index (κ3) is 3.47. The largest absolute Gasteiger partial charge is 0.455 e. The van der Waals surface area contributed by atoms with Gasteiger partial charge in [0.1, 0.15) is 10.8 Å². The molecule has 4 nitrogen and oxygen atoms in total. The Kier molecular flexibility index (Phi) is 3.29. The predicted molar refractivity (Wildman–Crippen MR) is 56.9 cm³/mol. The van der Waals surface area contributed by atoms with Crippen LogP contribution in [0.15, 0.2) is 6.20 Å². The molecular weight excluding hydrogens is 216 g/mol. The average Bonchev–Trinajstić information content (AvgIpc) is 2.06. The second kappa shape index (κ2) is 4.14. The zero-order valence-corrected chi connectivity index (χ0v) is 9.92. The molecule has 0 aliphatic carbocycles. The first-order chi connectivity index (χ1) is 6.79. The van der Waals surface area contributed by atoms with Crippen LogP contribution < -0.4 is 0 Å². The number of aryl methyl sites for hydroxylation is 1. The van der Waals surface area contributed by atoms with Crippen LogP contribution in [0, 0.1) is 6.92 Å². The van der Waals surface area contributed by atoms with E-state index in [0.29, 0.717) is 10.8 Å². The molecule has 1 rings (SSSR count). The molecule has 0 N–H and O–H groups in total. The van der Waals surface area contributed by atoms with Crippen molar-refractivity contribution in [3.8, 4) is 0 Å². The van der Waals surface area contributed by atoms with Crippen LogP contribution in [0.4, 0.5) is 0 Å². The Bertz CT molecular complexity index is 385. The summed E-state index contributed by atoms with van der Waals surface area (Å²) in [7, 11) is 0. The Labute approximate surface area is 93.6 Å². The molecular formula is C10H13ClN2O2. The topological polar surface area (TPSA) is 52.1 Å². The summed E-state index contributed by atoms with van der Waals surface area (Å²) in [6, 6.07) is 0. The molecule has 82 valence electrons. The third-order valence-electron chi connectivity index (χ3n) is 1.49. The van der Waals surface area contributed by atoms with E-state index in [9.17, 15) is 4.79 Å². The fraction of sp³-hybridized carbons (Fsp3) is 0.500. The maximum atomic E-state index is 11.6. The van der Waals surface area contributed by atoms with Crippen molar-refractivity contribution in [3.05, 3.63) is 22.7 Å². The molecule has 1 heterocycles. The summed E-state index contributed by atoms with van der Waals surface area (Å²) in [5, 5.41) is 0.294. The number of nitrogens with zero attached hydrogens (tertiary/aromatic N) is 2. The number of ether oxygens (including phenoxy) is 1. The summed E-state index contributed by atoms with van der Waals surface area (Å²) >= 11 is 5.69. The van der Waals surface area contributed by atoms with Gasteiger partial charge in [-0.15, -0.1) is 0 Å². The molecule has 5 heteroatoms. The first-order valence-electron chi connectivity index (χ1n) is 4.52. The number of esters is 1. The van der Waals surface area contributed by atoms with Crippen molar-refractivity contribution in [3.63, 3.8) is 0 Å². The van der Waals surface area contributed by atoms with Crippen molar-refractivity contribution in [2.75, 3.05) is 0 Å². The highest BCUT2D eigenvalue weighted by Crippen LogP contribution is 2.13. The van der Waals surface area contributed by atoms with Gasteiger partial charge in [-0.25, -0.2) is 14.8 Å². The molecule has 0 bridgehead atoms. The van der Waals surface area contributed by atoms with Gasteiger partial charge in [-0.1, -0.05) is 11.6 Å². The lowest BCUT2D eigenvalue weighted by molar-refractivity contribution is 0.00621. The average molecular weight is 229 g/mol. The summed E-state index contributed by atoms with van der Waals surface area (Å²) in [4.78, 5) is 19.4. The molecule has 0 fully saturated rings. The normalized spacial score (nSPS) is 11.3. The van der Waals surface area contributed by atoms with E-state index in [1.807, 2.05) is 0 Å². The van der Waals surface area contributed by atoms with Crippen molar-refractivity contribution in [2.45, 2.75) is 33.3 Å². The Morgan fingerprint density at radius 3 is 2.53 bits per heavy atom. The highest BCUT2D eigenvalue weighted by Gasteiger charge is 2.19. The van der Waals surface area contributed by atoms with Crippen LogP contribution in [0.3, 0.4) is 0 Å². The molecule has 15 heavy (non-hydrogen) atoms. The van der Waals surface area contributed by atoms with Gasteiger partial charge in [-0.05, 0) is 27.7 Å². The summed E-state index contributed by atoms with van der Waals surface area (Å²) in [5.41, 5.74) is 0.151. The van der Waals surface area contributed by atoms with Gasteiger partial charge in [0.15, 0.2) is 5.69 Å². The van der Waals surface area contributed by atoms with Crippen molar-refractivity contribution in [1.82, 2.24) is 9.97 Å². The molecule has 0 saturated heterocycles. The summed E-state index contributed by atoms with van der Waals surface area (Å²) < 4.78 is 5.13. The molecule has 1 aromatic heterocycles. The molecule has 0 amide bonds. The molecule has 0 saturated carbocycles. The monoisotopic (exact) mass is 228 g/mol. The molecule has 0 atom stereocenters. The minimum atomic E-state index is -0.535. The number of hydrogen-bond donors (Lipinski definition) is 0. The van der Waals surface area contributed by atoms with Crippen molar-refractivity contribution < 1.29 is 9.53 Å². The van der Waals surface area contributed by atoms with Crippen LogP contribution in [0.1, 0.15) is 37.0 Å². The van der Waals surface area contributed by atoms with E-state index < -0.39 is 11.6 Å². The van der Waals surface area contributed by atoms with E-state index in [2.05, 4.69) is 9.97 Å². The van der Waals surface area contributed by atoms with Crippen molar-refractivity contribution in [1.29, 1.82) is 0 Å². The van der Waals surface area contributed by atoms with Gasteiger partial charge >= 0.3 is 5.97 Å². The van der Waals surface area contributed by atoms with E-state index >= 15 is 0 Å². The molecule has 0 radical (unpaired) electrons. The molecule has 1 aromatic rings. The van der Waals surface area contributed by atoms with Gasteiger partial charge in [0.2, 0.25) is 0 Å². The van der Waals surface area contributed by atoms with Crippen LogP contribution in [0.2, 0.25) is 5.15 Å². The molecule has 0 aromatic carbocycles. The lowest BCUT2D eigenvalue weighted by Crippen LogP contribution is -2.24. The molecule has 0 aliphatic rings. The van der Waals surface area contributed by atoms with Crippen LogP contribution in [-0.2, 0) is 4.74 Å². The van der Waals surface area contributed by atoms with Crippen LogP contribution in [0.5, 0.6) is 0 Å². The first kappa shape index (κ1) is 11.9. The fourth-order valence-corrected chi connectivity index (χ4v) is 0.987. The lowest BCUT2D eigenvalue weighted by Gasteiger charge is -2.18. The van der Waals surface area contributed by atoms with E-state index in [0.717, 1.165) is 0 Å². The molecule has 0 unspecified atom stereocenters. The first-order valence-corrected chi connectivity index (χ1v) is 4.90. The van der Waals surface area contributed by atoms with Gasteiger partial charge in [0.05, 0.1) is 11.9 Å². The second-order valence-electron chi connectivity index (χ2n) is 4.13. The van der Waals surface area contributed by atoms with E-state index in [1.165, 1.54) is 6.20 Å². The van der Waals surface area contributed by atoms with Crippen LogP contribution in [-0.4, -0.2) is 21.5 Å². The number of carbonyl (C=O) groups excluding carboxylic acids is 1. The number of aromatic nitrogens is 2. The minimum Gasteiger partial charge on any atom is -0.455 e. The van der Waals surface area contributed by atoms with Crippen LogP contribution >= 0.6 is 11.6 Å².